The number of carbonyl (C=O) groups is 2. The van der Waals surface area contributed by atoms with E-state index >= 15 is 0 Å². The van der Waals surface area contributed by atoms with Gasteiger partial charge in [-0.2, -0.15) is 0 Å². The average Bonchev–Trinajstić information content (AvgIpc) is 3.10. The smallest absolute Gasteiger partial charge is 0.295 e. The highest BCUT2D eigenvalue weighted by molar-refractivity contribution is 6.46. The fraction of sp³-hybridized carbons (Fsp3) is 0.423. The topological polar surface area (TPSA) is 83.0 Å². The van der Waals surface area contributed by atoms with Gasteiger partial charge in [0, 0.05) is 31.0 Å². The van der Waals surface area contributed by atoms with E-state index in [-0.39, 0.29) is 11.3 Å². The molecule has 1 atom stereocenters. The van der Waals surface area contributed by atoms with Crippen LogP contribution in [0.2, 0.25) is 0 Å². The van der Waals surface area contributed by atoms with Crippen LogP contribution in [0.1, 0.15) is 50.8 Å². The molecule has 0 aliphatic carbocycles. The van der Waals surface area contributed by atoms with Gasteiger partial charge in [0.25, 0.3) is 11.7 Å². The van der Waals surface area contributed by atoms with Gasteiger partial charge in [0.15, 0.2) is 0 Å². The van der Waals surface area contributed by atoms with Crippen LogP contribution in [0.3, 0.4) is 0 Å². The predicted octanol–water partition coefficient (Wildman–Crippen LogP) is 4.02. The maximum Gasteiger partial charge on any atom is 0.295 e. The first-order valence-electron chi connectivity index (χ1n) is 11.7. The maximum absolute atomic E-state index is 13.1. The highest BCUT2D eigenvalue weighted by Gasteiger charge is 2.46. The lowest BCUT2D eigenvalue weighted by Crippen LogP contribution is -2.38. The Morgan fingerprint density at radius 2 is 1.85 bits per heavy atom. The number of rotatable bonds is 11. The minimum atomic E-state index is -0.691. The number of carbonyl (C=O) groups excluding carboxylic acids is 2. The average molecular weight is 452 g/mol. The molecule has 33 heavy (non-hydrogen) atoms. The van der Waals surface area contributed by atoms with E-state index in [0.29, 0.717) is 31.0 Å². The third kappa shape index (κ3) is 5.60. The van der Waals surface area contributed by atoms with Crippen molar-refractivity contribution in [2.24, 2.45) is 0 Å². The van der Waals surface area contributed by atoms with Crippen LogP contribution in [-0.4, -0.2) is 64.4 Å². The molecule has 1 fully saturated rings. The van der Waals surface area contributed by atoms with Crippen LogP contribution < -0.4 is 4.74 Å². The summed E-state index contributed by atoms with van der Waals surface area (Å²) >= 11 is 0. The summed E-state index contributed by atoms with van der Waals surface area (Å²) in [5.74, 6) is -0.784. The quantitative estimate of drug-likeness (QED) is 0.240. The highest BCUT2D eigenvalue weighted by Crippen LogP contribution is 2.40. The number of ketones is 1. The van der Waals surface area contributed by atoms with E-state index in [1.807, 2.05) is 24.3 Å². The van der Waals surface area contributed by atoms with Gasteiger partial charge in [-0.25, -0.2) is 0 Å². The Morgan fingerprint density at radius 1 is 1.12 bits per heavy atom. The second-order valence-electron chi connectivity index (χ2n) is 8.03. The third-order valence-corrected chi connectivity index (χ3v) is 5.99. The summed E-state index contributed by atoms with van der Waals surface area (Å²) in [4.78, 5) is 34.0. The van der Waals surface area contributed by atoms with Crippen molar-refractivity contribution in [3.63, 3.8) is 0 Å². The number of nitrogens with zero attached hydrogens (tertiary/aromatic N) is 3. The Balaban J connectivity index is 2.04. The van der Waals surface area contributed by atoms with Gasteiger partial charge in [-0.15, -0.1) is 0 Å². The molecule has 7 heteroatoms. The molecule has 176 valence electrons. The summed E-state index contributed by atoms with van der Waals surface area (Å²) < 4.78 is 5.87. The first-order chi connectivity index (χ1) is 16.0. The SMILES string of the molecule is CCCCOc1cccc(C2/C(=C(\O)c3ccncc3)C(=O)C(=O)N2CCN(CC)CC)c1. The van der Waals surface area contributed by atoms with Gasteiger partial charge in [-0.05, 0) is 49.3 Å². The van der Waals surface area contributed by atoms with E-state index in [4.69, 9.17) is 4.74 Å². The summed E-state index contributed by atoms with van der Waals surface area (Å²) in [5.41, 5.74) is 1.28. The lowest BCUT2D eigenvalue weighted by atomic mass is 9.95. The van der Waals surface area contributed by atoms with E-state index in [2.05, 4.69) is 30.7 Å². The summed E-state index contributed by atoms with van der Waals surface area (Å²) in [6, 6.07) is 10.0. The number of unbranched alkanes of at least 4 members (excludes halogenated alkanes) is 1. The van der Waals surface area contributed by atoms with Crippen molar-refractivity contribution >= 4 is 17.4 Å². The fourth-order valence-electron chi connectivity index (χ4n) is 4.02. The van der Waals surface area contributed by atoms with Gasteiger partial charge < -0.3 is 19.6 Å². The molecule has 1 aliphatic rings. The zero-order valence-electron chi connectivity index (χ0n) is 19.7. The molecule has 0 radical (unpaired) electrons. The highest BCUT2D eigenvalue weighted by atomic mass is 16.5. The van der Waals surface area contributed by atoms with Gasteiger partial charge in [0.05, 0.1) is 18.2 Å². The molecule has 1 unspecified atom stereocenters. The lowest BCUT2D eigenvalue weighted by Gasteiger charge is -2.28. The number of pyridine rings is 1. The monoisotopic (exact) mass is 451 g/mol. The number of likely N-dealkylation sites (tertiary alicyclic amines) is 1. The van der Waals surface area contributed by atoms with Crippen molar-refractivity contribution in [2.75, 3.05) is 32.8 Å². The molecular formula is C26H33N3O4. The maximum atomic E-state index is 13.1. The first-order valence-corrected chi connectivity index (χ1v) is 11.7. The molecule has 1 aromatic carbocycles. The second-order valence-corrected chi connectivity index (χ2v) is 8.03. The summed E-state index contributed by atoms with van der Waals surface area (Å²) in [6.45, 7) is 9.54. The zero-order chi connectivity index (χ0) is 23.8. The molecule has 3 rings (SSSR count). The molecule has 0 saturated carbocycles. The number of aliphatic hydroxyl groups is 1. The van der Waals surface area contributed by atoms with Crippen LogP contribution in [0.4, 0.5) is 0 Å². The molecule has 2 heterocycles. The number of benzene rings is 1. The van der Waals surface area contributed by atoms with Crippen molar-refractivity contribution in [2.45, 2.75) is 39.7 Å². The Kier molecular flexibility index (Phi) is 8.60. The minimum absolute atomic E-state index is 0.0939. The van der Waals surface area contributed by atoms with Crippen molar-refractivity contribution in [1.29, 1.82) is 0 Å². The lowest BCUT2D eigenvalue weighted by molar-refractivity contribution is -0.140. The number of aromatic nitrogens is 1. The molecule has 0 spiro atoms. The molecule has 1 saturated heterocycles. The Hall–Kier alpha value is -3.19. The van der Waals surface area contributed by atoms with Crippen LogP contribution in [0.5, 0.6) is 5.75 Å². The van der Waals surface area contributed by atoms with Gasteiger partial charge in [-0.1, -0.05) is 39.3 Å². The van der Waals surface area contributed by atoms with Crippen LogP contribution >= 0.6 is 0 Å². The molecular weight excluding hydrogens is 418 g/mol. The van der Waals surface area contributed by atoms with Crippen LogP contribution in [0.25, 0.3) is 5.76 Å². The molecule has 7 nitrogen and oxygen atoms in total. The van der Waals surface area contributed by atoms with Gasteiger partial charge in [0.2, 0.25) is 0 Å². The number of Topliss-reactive ketones (excluding diaryl/α,β-unsaturated/α-hetero) is 1. The second kappa shape index (κ2) is 11.6. The molecule has 1 amide bonds. The standard InChI is InChI=1S/C26H33N3O4/c1-4-7-17-33-21-10-8-9-20(18-21)23-22(24(30)19-11-13-27-14-12-19)25(31)26(32)29(23)16-15-28(5-2)6-3/h8-14,18,23,30H,4-7,15-17H2,1-3H3/b24-22+. The minimum Gasteiger partial charge on any atom is -0.507 e. The van der Waals surface area contributed by atoms with E-state index < -0.39 is 17.7 Å². The van der Waals surface area contributed by atoms with Crippen molar-refractivity contribution in [3.05, 3.63) is 65.5 Å². The number of aliphatic hydroxyl groups excluding tert-OH is 1. The van der Waals surface area contributed by atoms with Crippen molar-refractivity contribution < 1.29 is 19.4 Å². The summed E-state index contributed by atoms with van der Waals surface area (Å²) in [7, 11) is 0. The van der Waals surface area contributed by atoms with Gasteiger partial charge in [-0.3, -0.25) is 14.6 Å². The van der Waals surface area contributed by atoms with Gasteiger partial charge >= 0.3 is 0 Å². The Bertz CT molecular complexity index is 986. The summed E-state index contributed by atoms with van der Waals surface area (Å²) in [6.07, 6.45) is 5.05. The van der Waals surface area contributed by atoms with Crippen LogP contribution in [0, 0.1) is 0 Å². The zero-order valence-corrected chi connectivity index (χ0v) is 19.7. The number of hydrogen-bond acceptors (Lipinski definition) is 6. The van der Waals surface area contributed by atoms with E-state index in [0.717, 1.165) is 31.5 Å². The van der Waals surface area contributed by atoms with Crippen molar-refractivity contribution in [1.82, 2.24) is 14.8 Å². The fourth-order valence-corrected chi connectivity index (χ4v) is 4.02. The largest absolute Gasteiger partial charge is 0.507 e. The summed E-state index contributed by atoms with van der Waals surface area (Å²) in [5, 5.41) is 11.1. The van der Waals surface area contributed by atoms with Crippen LogP contribution in [0.15, 0.2) is 54.4 Å². The Labute approximate surface area is 195 Å². The number of ether oxygens (including phenoxy) is 1. The number of amides is 1. The van der Waals surface area contributed by atoms with E-state index in [1.54, 1.807) is 29.4 Å². The van der Waals surface area contributed by atoms with E-state index in [1.165, 1.54) is 0 Å². The predicted molar refractivity (Wildman–Crippen MR) is 128 cm³/mol. The first kappa shape index (κ1) is 24.5. The third-order valence-electron chi connectivity index (χ3n) is 5.99. The number of likely N-dealkylation sites (N-methyl/N-ethyl adjacent to an activating group) is 1. The molecule has 1 aromatic heterocycles. The molecule has 1 aliphatic heterocycles. The molecule has 0 bridgehead atoms. The Morgan fingerprint density at radius 3 is 2.52 bits per heavy atom. The van der Waals surface area contributed by atoms with E-state index in [9.17, 15) is 14.7 Å². The van der Waals surface area contributed by atoms with Crippen LogP contribution in [-0.2, 0) is 9.59 Å². The molecule has 1 N–H and O–H groups in total. The van der Waals surface area contributed by atoms with Crippen molar-refractivity contribution in [3.8, 4) is 5.75 Å². The van der Waals surface area contributed by atoms with Gasteiger partial charge in [0.1, 0.15) is 11.5 Å². The number of hydrogen-bond donors (Lipinski definition) is 1. The normalized spacial score (nSPS) is 17.7. The molecule has 2 aromatic rings.